The van der Waals surface area contributed by atoms with Gasteiger partial charge in [0.05, 0.1) is 0 Å². The van der Waals surface area contributed by atoms with Crippen molar-refractivity contribution in [3.63, 3.8) is 0 Å². The molecule has 0 saturated carbocycles. The fourth-order valence-corrected chi connectivity index (χ4v) is 0.144. The van der Waals surface area contributed by atoms with Gasteiger partial charge in [0.1, 0.15) is 0 Å². The van der Waals surface area contributed by atoms with Crippen molar-refractivity contribution in [1.82, 2.24) is 0 Å². The predicted molar refractivity (Wildman–Crippen MR) is 28.6 cm³/mol. The first-order valence-corrected chi connectivity index (χ1v) is 2.56. The van der Waals surface area contributed by atoms with Gasteiger partial charge in [-0.3, -0.25) is 0 Å². The van der Waals surface area contributed by atoms with Gasteiger partial charge >= 0.3 is 51.4 Å². The average Bonchev–Trinajstić information content (AvgIpc) is 1.66. The molecule has 0 bridgehead atoms. The Bertz CT molecular complexity index is 64.3. The van der Waals surface area contributed by atoms with Crippen LogP contribution in [-0.4, -0.2) is 16.9 Å². The summed E-state index contributed by atoms with van der Waals surface area (Å²) in [6.07, 6.45) is 1.86. The molecular formula is C4H10KNO4. The van der Waals surface area contributed by atoms with Crippen molar-refractivity contribution in [1.29, 1.82) is 0 Å². The maximum Gasteiger partial charge on any atom is 1.00 e. The second-order valence-electron chi connectivity index (χ2n) is 1.30. The van der Waals surface area contributed by atoms with E-state index >= 15 is 0 Å². The molecule has 0 saturated heterocycles. The molecule has 0 aliphatic heterocycles. The summed E-state index contributed by atoms with van der Waals surface area (Å²) in [7, 11) is 0. The van der Waals surface area contributed by atoms with E-state index in [0.717, 1.165) is 12.8 Å². The molecule has 0 heterocycles. The molecule has 0 aromatic heterocycles. The third kappa shape index (κ3) is 68.4. The Morgan fingerprint density at radius 2 is 1.90 bits per heavy atom. The molecular weight excluding hydrogens is 165 g/mol. The normalized spacial score (nSPS) is 6.60. The van der Waals surface area contributed by atoms with Crippen LogP contribution in [0.4, 0.5) is 0 Å². The van der Waals surface area contributed by atoms with Crippen LogP contribution in [0.3, 0.4) is 0 Å². The molecule has 5 nitrogen and oxygen atoms in total. The van der Waals surface area contributed by atoms with E-state index in [2.05, 4.69) is 0 Å². The first-order chi connectivity index (χ1) is 4.15. The summed E-state index contributed by atoms with van der Waals surface area (Å²) in [5.74, 6) is 0. The largest absolute Gasteiger partial charge is 1.00 e. The molecule has 0 aromatic rings. The van der Waals surface area contributed by atoms with E-state index in [9.17, 15) is 5.11 Å². The zero-order valence-corrected chi connectivity index (χ0v) is 9.36. The molecule has 0 radical (unpaired) electrons. The molecule has 56 valence electrons. The zero-order chi connectivity index (χ0) is 7.70. The smallest absolute Gasteiger partial charge is 0.854 e. The van der Waals surface area contributed by atoms with Crippen LogP contribution in [0.25, 0.3) is 0 Å². The van der Waals surface area contributed by atoms with Gasteiger partial charge < -0.3 is 10.3 Å². The Balaban J connectivity index is -0.0000000910. The SMILES string of the molecule is CCCC[O-].O=[N+]([O-])O.[K+]. The second kappa shape index (κ2) is 16.4. The number of nitrogens with zero attached hydrogens (tertiary/aromatic N) is 1. The van der Waals surface area contributed by atoms with E-state index in [1.165, 1.54) is 0 Å². The molecule has 0 aliphatic carbocycles. The first kappa shape index (κ1) is 17.0. The average molecular weight is 175 g/mol. The van der Waals surface area contributed by atoms with E-state index in [1.807, 2.05) is 6.92 Å². The summed E-state index contributed by atoms with van der Waals surface area (Å²) >= 11 is 0. The summed E-state index contributed by atoms with van der Waals surface area (Å²) < 4.78 is 0. The quantitative estimate of drug-likeness (QED) is 0.272. The number of rotatable bonds is 2. The zero-order valence-electron chi connectivity index (χ0n) is 6.24. The maximum absolute atomic E-state index is 9.53. The van der Waals surface area contributed by atoms with Gasteiger partial charge in [-0.05, 0) is 0 Å². The van der Waals surface area contributed by atoms with Gasteiger partial charge in [-0.1, -0.05) is 19.8 Å². The third-order valence-corrected chi connectivity index (χ3v) is 0.498. The summed E-state index contributed by atoms with van der Waals surface area (Å²) in [5, 5.41) is 23.2. The topological polar surface area (TPSA) is 86.4 Å². The van der Waals surface area contributed by atoms with Crippen LogP contribution < -0.4 is 56.5 Å². The van der Waals surface area contributed by atoms with Crippen LogP contribution in [0.15, 0.2) is 0 Å². The first-order valence-electron chi connectivity index (χ1n) is 2.56. The fraction of sp³-hybridized carbons (Fsp3) is 1.00. The van der Waals surface area contributed by atoms with Gasteiger partial charge in [-0.25, -0.2) is 0 Å². The molecule has 0 atom stereocenters. The summed E-state index contributed by atoms with van der Waals surface area (Å²) in [4.78, 5) is 8.36. The molecule has 0 fully saturated rings. The van der Waals surface area contributed by atoms with Crippen molar-refractivity contribution < 1.29 is 66.8 Å². The van der Waals surface area contributed by atoms with Crippen LogP contribution in [-0.2, 0) is 0 Å². The van der Waals surface area contributed by atoms with Gasteiger partial charge in [0.2, 0.25) is 0 Å². The van der Waals surface area contributed by atoms with Crippen molar-refractivity contribution in [3.8, 4) is 0 Å². The molecule has 0 spiro atoms. The van der Waals surface area contributed by atoms with Crippen molar-refractivity contribution in [3.05, 3.63) is 10.1 Å². The minimum atomic E-state index is -1.50. The summed E-state index contributed by atoms with van der Waals surface area (Å²) in [6.45, 7) is 2.11. The van der Waals surface area contributed by atoms with Gasteiger partial charge in [0.25, 0.3) is 5.09 Å². The molecule has 1 N–H and O–H groups in total. The van der Waals surface area contributed by atoms with E-state index in [0.29, 0.717) is 0 Å². The van der Waals surface area contributed by atoms with Crippen LogP contribution in [0.5, 0.6) is 0 Å². The number of unbranched alkanes of at least 4 members (excludes halogenated alkanes) is 1. The second-order valence-corrected chi connectivity index (χ2v) is 1.30. The Morgan fingerprint density at radius 1 is 1.60 bits per heavy atom. The third-order valence-electron chi connectivity index (χ3n) is 0.498. The Morgan fingerprint density at radius 3 is 1.90 bits per heavy atom. The van der Waals surface area contributed by atoms with Crippen LogP contribution in [0.1, 0.15) is 19.8 Å². The van der Waals surface area contributed by atoms with Gasteiger partial charge in [-0.2, -0.15) is 0 Å². The van der Waals surface area contributed by atoms with Gasteiger partial charge in [-0.15, -0.1) is 16.7 Å². The van der Waals surface area contributed by atoms with E-state index in [4.69, 9.17) is 15.3 Å². The minimum absolute atomic E-state index is 0. The minimum Gasteiger partial charge on any atom is -0.854 e. The van der Waals surface area contributed by atoms with E-state index in [-0.39, 0.29) is 58.0 Å². The standard InChI is InChI=1S/C4H9O.K.HNO3/c1-2-3-4-5;;2-1(3)4/h2-4H2,1H3;;(H,2,3,4)/q-1;+1;. The summed E-state index contributed by atoms with van der Waals surface area (Å²) in [5.41, 5.74) is 0. The predicted octanol–water partition coefficient (Wildman–Crippen LogP) is -3.20. The van der Waals surface area contributed by atoms with Crippen LogP contribution >= 0.6 is 0 Å². The Kier molecular flexibility index (Phi) is 28.0. The Hall–Kier alpha value is 0.796. The van der Waals surface area contributed by atoms with Crippen LogP contribution in [0.2, 0.25) is 0 Å². The number of hydrogen-bond donors (Lipinski definition) is 1. The molecule has 0 amide bonds. The van der Waals surface area contributed by atoms with Gasteiger partial charge in [0, 0.05) is 0 Å². The van der Waals surface area contributed by atoms with E-state index in [1.54, 1.807) is 0 Å². The molecule has 10 heavy (non-hydrogen) atoms. The Labute approximate surface area is 102 Å². The van der Waals surface area contributed by atoms with Crippen molar-refractivity contribution in [2.24, 2.45) is 0 Å². The number of hydrogen-bond acceptors (Lipinski definition) is 3. The van der Waals surface area contributed by atoms with Crippen LogP contribution in [0, 0.1) is 10.1 Å². The fourth-order valence-electron chi connectivity index (χ4n) is 0.144. The van der Waals surface area contributed by atoms with E-state index < -0.39 is 5.09 Å². The summed E-state index contributed by atoms with van der Waals surface area (Å²) in [6, 6.07) is 0. The van der Waals surface area contributed by atoms with Crippen molar-refractivity contribution in [2.45, 2.75) is 19.8 Å². The molecule has 0 aliphatic rings. The monoisotopic (exact) mass is 175 g/mol. The maximum atomic E-state index is 9.53. The van der Waals surface area contributed by atoms with Gasteiger partial charge in [0.15, 0.2) is 0 Å². The van der Waals surface area contributed by atoms with Crippen molar-refractivity contribution >= 4 is 0 Å². The molecule has 0 unspecified atom stereocenters. The molecule has 0 aromatic carbocycles. The molecule has 0 rings (SSSR count). The van der Waals surface area contributed by atoms with Crippen molar-refractivity contribution in [2.75, 3.05) is 6.61 Å². The molecule has 6 heteroatoms.